The van der Waals surface area contributed by atoms with Crippen molar-refractivity contribution in [1.82, 2.24) is 25.6 Å². The van der Waals surface area contributed by atoms with Gasteiger partial charge < -0.3 is 0 Å². The molecule has 0 spiro atoms. The van der Waals surface area contributed by atoms with Crippen LogP contribution in [0.15, 0.2) is 30.7 Å². The Morgan fingerprint density at radius 1 is 1.20 bits per heavy atom. The molecule has 2 aromatic heterocycles. The summed E-state index contributed by atoms with van der Waals surface area (Å²) in [5, 5.41) is 17.2. The molecule has 0 aliphatic heterocycles. The van der Waals surface area contributed by atoms with E-state index < -0.39 is 0 Å². The summed E-state index contributed by atoms with van der Waals surface area (Å²) in [6.07, 6.45) is 8.59. The SMILES string of the molecule is CCCCc1c[nH]nn1.c1ccnnc1. The number of aromatic nitrogens is 5. The molecule has 1 N–H and O–H groups in total. The van der Waals surface area contributed by atoms with Crippen LogP contribution in [0.2, 0.25) is 0 Å². The first-order valence-electron chi connectivity index (χ1n) is 5.00. The molecule has 2 rings (SSSR count). The van der Waals surface area contributed by atoms with E-state index >= 15 is 0 Å². The van der Waals surface area contributed by atoms with Gasteiger partial charge in [0.2, 0.25) is 0 Å². The van der Waals surface area contributed by atoms with E-state index in [4.69, 9.17) is 0 Å². The predicted octanol–water partition coefficient (Wildman–Crippen LogP) is 1.62. The van der Waals surface area contributed by atoms with Gasteiger partial charge in [0, 0.05) is 18.6 Å². The number of hydrogen-bond donors (Lipinski definition) is 1. The van der Waals surface area contributed by atoms with Crippen molar-refractivity contribution >= 4 is 0 Å². The maximum Gasteiger partial charge on any atom is 0.0824 e. The number of aryl methyl sites for hydroxylation is 1. The van der Waals surface area contributed by atoms with Crippen molar-refractivity contribution in [3.8, 4) is 0 Å². The molecular weight excluding hydrogens is 190 g/mol. The highest BCUT2D eigenvalue weighted by Crippen LogP contribution is 1.96. The average Bonchev–Trinajstić information content (AvgIpc) is 2.82. The first-order chi connectivity index (χ1) is 7.43. The lowest BCUT2D eigenvalue weighted by Crippen LogP contribution is -1.83. The lowest BCUT2D eigenvalue weighted by molar-refractivity contribution is 0.770. The summed E-state index contributed by atoms with van der Waals surface area (Å²) in [5.74, 6) is 0. The van der Waals surface area contributed by atoms with Crippen LogP contribution >= 0.6 is 0 Å². The first kappa shape index (κ1) is 11.3. The number of rotatable bonds is 3. The van der Waals surface area contributed by atoms with Gasteiger partial charge >= 0.3 is 0 Å². The van der Waals surface area contributed by atoms with E-state index in [2.05, 4.69) is 32.5 Å². The number of unbranched alkanes of at least 4 members (excludes halogenated alkanes) is 1. The summed E-state index contributed by atoms with van der Waals surface area (Å²) >= 11 is 0. The van der Waals surface area contributed by atoms with Gasteiger partial charge in [-0.15, -0.1) is 5.10 Å². The molecule has 0 radical (unpaired) electrons. The van der Waals surface area contributed by atoms with Crippen LogP contribution in [0.5, 0.6) is 0 Å². The van der Waals surface area contributed by atoms with Gasteiger partial charge in [0.25, 0.3) is 0 Å². The fourth-order valence-electron chi connectivity index (χ4n) is 0.959. The maximum atomic E-state index is 3.85. The highest BCUT2D eigenvalue weighted by Gasteiger charge is 1.91. The fourth-order valence-corrected chi connectivity index (χ4v) is 0.959. The van der Waals surface area contributed by atoms with E-state index in [0.29, 0.717) is 0 Å². The van der Waals surface area contributed by atoms with Crippen molar-refractivity contribution in [3.63, 3.8) is 0 Å². The number of aromatic amines is 1. The van der Waals surface area contributed by atoms with Crippen LogP contribution in [0.3, 0.4) is 0 Å². The van der Waals surface area contributed by atoms with Gasteiger partial charge in [-0.1, -0.05) is 18.6 Å². The average molecular weight is 205 g/mol. The third kappa shape index (κ3) is 5.51. The Morgan fingerprint density at radius 3 is 2.33 bits per heavy atom. The van der Waals surface area contributed by atoms with Gasteiger partial charge in [-0.25, -0.2) is 0 Å². The Bertz CT molecular complexity index is 292. The van der Waals surface area contributed by atoms with Crippen LogP contribution in [0, 0.1) is 0 Å². The number of nitrogens with zero attached hydrogens (tertiary/aromatic N) is 4. The minimum Gasteiger partial charge on any atom is -0.265 e. The second kappa shape index (κ2) is 7.61. The van der Waals surface area contributed by atoms with Crippen molar-refractivity contribution in [2.75, 3.05) is 0 Å². The zero-order valence-corrected chi connectivity index (χ0v) is 8.80. The summed E-state index contributed by atoms with van der Waals surface area (Å²) in [4.78, 5) is 0. The minimum absolute atomic E-state index is 1.05. The van der Waals surface area contributed by atoms with Crippen molar-refractivity contribution in [1.29, 1.82) is 0 Å². The van der Waals surface area contributed by atoms with E-state index in [0.717, 1.165) is 12.1 Å². The molecule has 0 aliphatic carbocycles. The summed E-state index contributed by atoms with van der Waals surface area (Å²) in [6, 6.07) is 3.65. The second-order valence-corrected chi connectivity index (χ2v) is 2.98. The highest BCUT2D eigenvalue weighted by molar-refractivity contribution is 4.89. The first-order valence-corrected chi connectivity index (χ1v) is 5.00. The maximum absolute atomic E-state index is 3.85. The Balaban J connectivity index is 0.000000162. The van der Waals surface area contributed by atoms with Crippen LogP contribution < -0.4 is 0 Å². The lowest BCUT2D eigenvalue weighted by Gasteiger charge is -1.87. The molecule has 0 saturated carbocycles. The third-order valence-corrected chi connectivity index (χ3v) is 1.74. The predicted molar refractivity (Wildman–Crippen MR) is 57.0 cm³/mol. The van der Waals surface area contributed by atoms with Crippen molar-refractivity contribution in [2.24, 2.45) is 0 Å². The van der Waals surface area contributed by atoms with Crippen LogP contribution in [-0.2, 0) is 6.42 Å². The molecule has 5 nitrogen and oxygen atoms in total. The van der Waals surface area contributed by atoms with E-state index in [-0.39, 0.29) is 0 Å². The van der Waals surface area contributed by atoms with Gasteiger partial charge in [-0.2, -0.15) is 10.2 Å². The van der Waals surface area contributed by atoms with E-state index in [1.807, 2.05) is 18.3 Å². The van der Waals surface area contributed by atoms with Crippen LogP contribution in [0.1, 0.15) is 25.5 Å². The number of hydrogen-bond acceptors (Lipinski definition) is 4. The zero-order valence-electron chi connectivity index (χ0n) is 8.80. The Hall–Kier alpha value is -1.78. The molecule has 80 valence electrons. The van der Waals surface area contributed by atoms with Gasteiger partial charge in [-0.05, 0) is 25.0 Å². The molecular formula is C10H15N5. The quantitative estimate of drug-likeness (QED) is 0.826. The van der Waals surface area contributed by atoms with Crippen LogP contribution in [0.4, 0.5) is 0 Å². The van der Waals surface area contributed by atoms with Gasteiger partial charge in [0.1, 0.15) is 0 Å². The van der Waals surface area contributed by atoms with Gasteiger partial charge in [0.15, 0.2) is 0 Å². The molecule has 0 unspecified atom stereocenters. The normalized spacial score (nSPS) is 9.13. The molecule has 0 saturated heterocycles. The van der Waals surface area contributed by atoms with Crippen molar-refractivity contribution < 1.29 is 0 Å². The molecule has 0 bridgehead atoms. The molecule has 0 atom stereocenters. The summed E-state index contributed by atoms with van der Waals surface area (Å²) in [5.41, 5.74) is 1.07. The molecule has 2 heterocycles. The van der Waals surface area contributed by atoms with E-state index in [1.165, 1.54) is 12.8 Å². The van der Waals surface area contributed by atoms with Gasteiger partial charge in [0.05, 0.1) is 5.69 Å². The lowest BCUT2D eigenvalue weighted by atomic mass is 10.2. The second-order valence-electron chi connectivity index (χ2n) is 2.98. The van der Waals surface area contributed by atoms with Gasteiger partial charge in [-0.3, -0.25) is 5.10 Å². The molecule has 0 amide bonds. The highest BCUT2D eigenvalue weighted by atomic mass is 15.3. The topological polar surface area (TPSA) is 67.3 Å². The molecule has 0 aliphatic rings. The van der Waals surface area contributed by atoms with Crippen LogP contribution in [0.25, 0.3) is 0 Å². The Morgan fingerprint density at radius 2 is 1.93 bits per heavy atom. The smallest absolute Gasteiger partial charge is 0.0824 e. The molecule has 0 fully saturated rings. The molecule has 2 aromatic rings. The fraction of sp³-hybridized carbons (Fsp3) is 0.400. The van der Waals surface area contributed by atoms with Crippen LogP contribution in [-0.4, -0.2) is 25.6 Å². The monoisotopic (exact) mass is 205 g/mol. The summed E-state index contributed by atoms with van der Waals surface area (Å²) in [6.45, 7) is 2.17. The van der Waals surface area contributed by atoms with E-state index in [1.54, 1.807) is 12.4 Å². The zero-order chi connectivity index (χ0) is 10.8. The molecule has 5 heteroatoms. The van der Waals surface area contributed by atoms with Crippen molar-refractivity contribution in [3.05, 3.63) is 36.4 Å². The van der Waals surface area contributed by atoms with E-state index in [9.17, 15) is 0 Å². The largest absolute Gasteiger partial charge is 0.265 e. The Labute approximate surface area is 88.9 Å². The Kier molecular flexibility index (Phi) is 5.73. The van der Waals surface area contributed by atoms with Crippen molar-refractivity contribution in [2.45, 2.75) is 26.2 Å². The summed E-state index contributed by atoms with van der Waals surface area (Å²) in [7, 11) is 0. The molecule has 15 heavy (non-hydrogen) atoms. The number of nitrogens with one attached hydrogen (secondary N) is 1. The third-order valence-electron chi connectivity index (χ3n) is 1.74. The molecule has 0 aromatic carbocycles. The minimum atomic E-state index is 1.05. The standard InChI is InChI=1S/C6H11N3.C4H4N2/c1-2-3-4-6-5-7-9-8-6;1-2-4-6-5-3-1/h5H,2-4H2,1H3,(H,7,8,9);1-4H. The number of H-pyrrole nitrogens is 1. The summed E-state index contributed by atoms with van der Waals surface area (Å²) < 4.78 is 0.